The molecule has 6 nitrogen and oxygen atoms in total. The predicted octanol–water partition coefficient (Wildman–Crippen LogP) is 3.46. The molecule has 0 unspecified atom stereocenters. The highest BCUT2D eigenvalue weighted by molar-refractivity contribution is 7.91. The minimum atomic E-state index is -2.99. The van der Waals surface area contributed by atoms with Crippen LogP contribution in [0.5, 0.6) is 0 Å². The van der Waals surface area contributed by atoms with Crippen LogP contribution in [0.2, 0.25) is 0 Å². The summed E-state index contributed by atoms with van der Waals surface area (Å²) in [5, 5.41) is 6.66. The molecule has 2 amide bonds. The van der Waals surface area contributed by atoms with Crippen LogP contribution in [0.3, 0.4) is 0 Å². The van der Waals surface area contributed by atoms with Crippen LogP contribution in [0.15, 0.2) is 28.7 Å². The molecule has 0 aliphatic heterocycles. The van der Waals surface area contributed by atoms with E-state index in [2.05, 4.69) is 10.6 Å². The van der Waals surface area contributed by atoms with Crippen molar-refractivity contribution in [3.8, 4) is 0 Å². The molecule has 3 rings (SSSR count). The molecular weight excluding hydrogens is 352 g/mol. The van der Waals surface area contributed by atoms with E-state index in [1.165, 1.54) is 6.26 Å². The topological polar surface area (TPSA) is 88.4 Å². The average Bonchev–Trinajstić information content (AvgIpc) is 2.92. The van der Waals surface area contributed by atoms with Crippen LogP contribution >= 0.6 is 0 Å². The summed E-state index contributed by atoms with van der Waals surface area (Å²) < 4.78 is 29.1. The molecule has 1 aliphatic carbocycles. The number of hydrogen-bond donors (Lipinski definition) is 2. The molecule has 1 atom stereocenters. The Bertz CT molecular complexity index is 895. The Morgan fingerprint density at radius 2 is 1.85 bits per heavy atom. The molecule has 0 saturated heterocycles. The highest BCUT2D eigenvalue weighted by Gasteiger charge is 2.29. The zero-order valence-electron chi connectivity index (χ0n) is 15.4. The number of para-hydroxylation sites is 1. The van der Waals surface area contributed by atoms with Crippen molar-refractivity contribution >= 4 is 26.8 Å². The molecule has 2 aromatic rings. The fourth-order valence-corrected chi connectivity index (χ4v) is 4.86. The molecular formula is C19H26N2O4S. The summed E-state index contributed by atoms with van der Waals surface area (Å²) in [6, 6.07) is 7.31. The van der Waals surface area contributed by atoms with Crippen molar-refractivity contribution in [3.63, 3.8) is 0 Å². The zero-order valence-corrected chi connectivity index (χ0v) is 16.2. The van der Waals surface area contributed by atoms with Crippen LogP contribution in [0.25, 0.3) is 11.0 Å². The van der Waals surface area contributed by atoms with Crippen LogP contribution in [-0.4, -0.2) is 32.0 Å². The molecule has 1 aromatic heterocycles. The van der Waals surface area contributed by atoms with Crippen LogP contribution in [-0.2, 0) is 9.84 Å². The first kappa shape index (κ1) is 18.8. The third-order valence-electron chi connectivity index (χ3n) is 5.24. The lowest BCUT2D eigenvalue weighted by Crippen LogP contribution is -2.45. The maximum Gasteiger partial charge on any atom is 0.315 e. The number of aryl methyl sites for hydroxylation is 1. The highest BCUT2D eigenvalue weighted by atomic mass is 32.2. The van der Waals surface area contributed by atoms with Crippen LogP contribution in [0.1, 0.15) is 50.0 Å². The first-order valence-electron chi connectivity index (χ1n) is 8.99. The lowest BCUT2D eigenvalue weighted by atomic mass is 9.95. The van der Waals surface area contributed by atoms with E-state index in [-0.39, 0.29) is 23.4 Å². The highest BCUT2D eigenvalue weighted by Crippen LogP contribution is 2.29. The Balaban J connectivity index is 1.57. The summed E-state index contributed by atoms with van der Waals surface area (Å²) in [5.41, 5.74) is 1.84. The lowest BCUT2D eigenvalue weighted by molar-refractivity contribution is 0.228. The zero-order chi connectivity index (χ0) is 18.9. The molecule has 1 heterocycles. The van der Waals surface area contributed by atoms with E-state index < -0.39 is 9.84 Å². The molecule has 0 spiro atoms. The van der Waals surface area contributed by atoms with Crippen molar-refractivity contribution < 1.29 is 17.6 Å². The van der Waals surface area contributed by atoms with Crippen LogP contribution in [0.4, 0.5) is 4.79 Å². The number of amides is 2. The Hall–Kier alpha value is -2.02. The van der Waals surface area contributed by atoms with Crippen LogP contribution < -0.4 is 10.6 Å². The number of hydrogen-bond acceptors (Lipinski definition) is 4. The molecule has 1 aliphatic rings. The second-order valence-corrected chi connectivity index (χ2v) is 9.56. The number of rotatable bonds is 4. The van der Waals surface area contributed by atoms with E-state index in [9.17, 15) is 13.2 Å². The molecule has 0 bridgehead atoms. The normalized spacial score (nSPS) is 22.1. The molecule has 1 aromatic carbocycles. The van der Waals surface area contributed by atoms with E-state index in [0.717, 1.165) is 22.3 Å². The predicted molar refractivity (Wildman–Crippen MR) is 102 cm³/mol. The van der Waals surface area contributed by atoms with E-state index in [0.29, 0.717) is 25.7 Å². The third kappa shape index (κ3) is 4.03. The summed E-state index contributed by atoms with van der Waals surface area (Å²) >= 11 is 0. The van der Waals surface area contributed by atoms with Gasteiger partial charge in [-0.2, -0.15) is 0 Å². The van der Waals surface area contributed by atoms with Crippen molar-refractivity contribution in [2.75, 3.05) is 6.26 Å². The van der Waals surface area contributed by atoms with Crippen molar-refractivity contribution in [2.24, 2.45) is 0 Å². The number of nitrogens with one attached hydrogen (secondary N) is 2. The van der Waals surface area contributed by atoms with Crippen molar-refractivity contribution in [1.82, 2.24) is 10.6 Å². The Morgan fingerprint density at radius 3 is 2.46 bits per heavy atom. The Kier molecular flexibility index (Phi) is 5.27. The van der Waals surface area contributed by atoms with Gasteiger partial charge in [-0.25, -0.2) is 13.2 Å². The fraction of sp³-hybridized carbons (Fsp3) is 0.526. The van der Waals surface area contributed by atoms with Crippen molar-refractivity contribution in [1.29, 1.82) is 0 Å². The SMILES string of the molecule is Cc1c([C@H](C)NC(=O)NC2CCC(S(C)(=O)=O)CC2)oc2ccccc12. The van der Waals surface area contributed by atoms with E-state index in [1.807, 2.05) is 38.1 Å². The van der Waals surface area contributed by atoms with E-state index >= 15 is 0 Å². The maximum atomic E-state index is 12.3. The van der Waals surface area contributed by atoms with E-state index in [4.69, 9.17) is 4.42 Å². The number of carbonyl (C=O) groups is 1. The Morgan fingerprint density at radius 1 is 1.19 bits per heavy atom. The van der Waals surface area contributed by atoms with Gasteiger partial charge in [-0.3, -0.25) is 0 Å². The standard InChI is InChI=1S/C19H26N2O4S/c1-12-16-6-4-5-7-17(16)25-18(12)13(2)20-19(22)21-14-8-10-15(11-9-14)26(3,23)24/h4-7,13-15H,8-11H2,1-3H3,(H2,20,21,22)/t13-,14?,15?/m0/s1. The number of furan rings is 1. The number of urea groups is 1. The average molecular weight is 378 g/mol. The first-order valence-corrected chi connectivity index (χ1v) is 10.9. The summed E-state index contributed by atoms with van der Waals surface area (Å²) in [7, 11) is -2.99. The summed E-state index contributed by atoms with van der Waals surface area (Å²) in [5.74, 6) is 0.752. The van der Waals surface area contributed by atoms with Crippen molar-refractivity contribution in [3.05, 3.63) is 35.6 Å². The summed E-state index contributed by atoms with van der Waals surface area (Å²) in [6.07, 6.45) is 3.85. The van der Waals surface area contributed by atoms with Gasteiger partial charge in [0.05, 0.1) is 11.3 Å². The summed E-state index contributed by atoms with van der Waals surface area (Å²) in [6.45, 7) is 3.88. The van der Waals surface area contributed by atoms with Gasteiger partial charge in [-0.1, -0.05) is 18.2 Å². The molecule has 26 heavy (non-hydrogen) atoms. The molecule has 0 radical (unpaired) electrons. The minimum absolute atomic E-state index is 0.0111. The summed E-state index contributed by atoms with van der Waals surface area (Å²) in [4.78, 5) is 12.3. The minimum Gasteiger partial charge on any atom is -0.459 e. The second-order valence-electron chi connectivity index (χ2n) is 7.23. The van der Waals surface area contributed by atoms with Gasteiger partial charge >= 0.3 is 6.03 Å². The number of fused-ring (bicyclic) bond motifs is 1. The van der Waals surface area contributed by atoms with E-state index in [1.54, 1.807) is 0 Å². The fourth-order valence-electron chi connectivity index (χ4n) is 3.73. The molecule has 2 N–H and O–H groups in total. The number of carbonyl (C=O) groups excluding carboxylic acids is 1. The molecule has 142 valence electrons. The monoisotopic (exact) mass is 378 g/mol. The lowest BCUT2D eigenvalue weighted by Gasteiger charge is -2.28. The quantitative estimate of drug-likeness (QED) is 0.853. The molecule has 1 fully saturated rings. The van der Waals surface area contributed by atoms with Gasteiger partial charge in [0.1, 0.15) is 21.2 Å². The first-order chi connectivity index (χ1) is 12.3. The number of sulfone groups is 1. The van der Waals surface area contributed by atoms with Gasteiger partial charge in [0.15, 0.2) is 0 Å². The van der Waals surface area contributed by atoms with Crippen LogP contribution in [0, 0.1) is 6.92 Å². The number of benzene rings is 1. The largest absolute Gasteiger partial charge is 0.459 e. The molecule has 7 heteroatoms. The third-order valence-corrected chi connectivity index (χ3v) is 6.92. The van der Waals surface area contributed by atoms with Gasteiger partial charge in [-0.05, 0) is 45.6 Å². The van der Waals surface area contributed by atoms with Gasteiger partial charge in [0, 0.05) is 23.2 Å². The van der Waals surface area contributed by atoms with Gasteiger partial charge in [0.25, 0.3) is 0 Å². The van der Waals surface area contributed by atoms with Gasteiger partial charge < -0.3 is 15.1 Å². The second kappa shape index (κ2) is 7.31. The van der Waals surface area contributed by atoms with Gasteiger partial charge in [-0.15, -0.1) is 0 Å². The van der Waals surface area contributed by atoms with Crippen molar-refractivity contribution in [2.45, 2.75) is 56.9 Å². The maximum absolute atomic E-state index is 12.3. The molecule has 1 saturated carbocycles. The van der Waals surface area contributed by atoms with Gasteiger partial charge in [0.2, 0.25) is 0 Å². The smallest absolute Gasteiger partial charge is 0.315 e. The Labute approximate surface area is 154 Å².